The van der Waals surface area contributed by atoms with Crippen molar-refractivity contribution >= 4 is 18.0 Å². The first-order chi connectivity index (χ1) is 22.1. The molecule has 13 nitrogen and oxygen atoms in total. The van der Waals surface area contributed by atoms with Gasteiger partial charge in [0.25, 0.3) is 0 Å². The maximum Gasteiger partial charge on any atom is 0.407 e. The molecule has 2 amide bonds. The van der Waals surface area contributed by atoms with E-state index < -0.39 is 24.6 Å². The van der Waals surface area contributed by atoms with Crippen molar-refractivity contribution in [2.24, 2.45) is 0 Å². The molecule has 0 atom stereocenters. The van der Waals surface area contributed by atoms with Gasteiger partial charge in [-0.15, -0.1) is 0 Å². The van der Waals surface area contributed by atoms with Gasteiger partial charge in [-0.25, -0.2) is 9.59 Å². The molecule has 0 radical (unpaired) electrons. The molecule has 248 valence electrons. The van der Waals surface area contributed by atoms with Crippen molar-refractivity contribution in [3.63, 3.8) is 0 Å². The number of benzene rings is 2. The van der Waals surface area contributed by atoms with Crippen LogP contribution in [0.15, 0.2) is 48.5 Å². The van der Waals surface area contributed by atoms with Crippen molar-refractivity contribution in [2.75, 3.05) is 99.0 Å². The molecule has 13 heteroatoms. The normalized spacial score (nSPS) is 12.0. The van der Waals surface area contributed by atoms with Crippen LogP contribution in [0.25, 0.3) is 11.1 Å². The molecule has 0 aromatic heterocycles. The topological polar surface area (TPSA) is 160 Å². The van der Waals surface area contributed by atoms with Crippen molar-refractivity contribution in [3.8, 4) is 11.1 Å². The molecule has 0 unspecified atom stereocenters. The van der Waals surface area contributed by atoms with Crippen LogP contribution in [0.4, 0.5) is 4.79 Å². The van der Waals surface area contributed by atoms with Gasteiger partial charge in [0.2, 0.25) is 5.91 Å². The largest absolute Gasteiger partial charge is 0.480 e. The fraction of sp³-hybridized carbons (Fsp3) is 0.531. The van der Waals surface area contributed by atoms with E-state index >= 15 is 0 Å². The molecule has 0 aliphatic heterocycles. The molecule has 2 aromatic carbocycles. The average Bonchev–Trinajstić information content (AvgIpc) is 3.36. The standard InChI is InChI=1S/C32H44N2O11/c35-30(23-44-24-31(36)37)33-11-13-40-15-17-42-19-21-43-20-18-41-16-14-39-12-5-10-34-32(38)45-22-29-27-8-3-1-6-25(27)26-7-2-4-9-28(26)29/h1-4,6-9,29H,5,10-24H2,(H,33,35)(H,34,38)(H,36,37). The Kier molecular flexibility index (Phi) is 17.5. The molecule has 3 rings (SSSR count). The Hall–Kier alpha value is -3.59. The lowest BCUT2D eigenvalue weighted by molar-refractivity contribution is -0.143. The van der Waals surface area contributed by atoms with Gasteiger partial charge >= 0.3 is 12.1 Å². The summed E-state index contributed by atoms with van der Waals surface area (Å²) in [4.78, 5) is 33.9. The van der Waals surface area contributed by atoms with Crippen LogP contribution in [0, 0.1) is 0 Å². The number of nitrogens with one attached hydrogen (secondary N) is 2. The molecular weight excluding hydrogens is 588 g/mol. The summed E-state index contributed by atoms with van der Waals surface area (Å²) in [6, 6.07) is 16.5. The molecule has 0 saturated heterocycles. The Bertz CT molecular complexity index is 1120. The number of carbonyl (C=O) groups is 3. The molecule has 3 N–H and O–H groups in total. The Morgan fingerprint density at radius 1 is 0.600 bits per heavy atom. The minimum Gasteiger partial charge on any atom is -0.480 e. The fourth-order valence-corrected chi connectivity index (χ4v) is 4.54. The van der Waals surface area contributed by atoms with Crippen molar-refractivity contribution in [1.82, 2.24) is 10.6 Å². The van der Waals surface area contributed by atoms with Crippen molar-refractivity contribution in [2.45, 2.75) is 12.3 Å². The number of fused-ring (bicyclic) bond motifs is 3. The molecule has 0 fully saturated rings. The lowest BCUT2D eigenvalue weighted by Gasteiger charge is -2.14. The minimum atomic E-state index is -1.13. The number of hydrogen-bond donors (Lipinski definition) is 3. The van der Waals surface area contributed by atoms with E-state index in [-0.39, 0.29) is 12.5 Å². The summed E-state index contributed by atoms with van der Waals surface area (Å²) < 4.78 is 37.4. The van der Waals surface area contributed by atoms with E-state index in [2.05, 4.69) is 39.6 Å². The quantitative estimate of drug-likeness (QED) is 0.138. The molecule has 1 aliphatic rings. The SMILES string of the molecule is O=C(O)COCC(=O)NCCOCCOCCOCCOCCOCCCNC(=O)OCC1c2ccccc2-c2ccccc21. The summed E-state index contributed by atoms with van der Waals surface area (Å²) in [6.07, 6.45) is 0.238. The number of carbonyl (C=O) groups excluding carboxylic acids is 2. The molecule has 2 aromatic rings. The molecule has 0 heterocycles. The van der Waals surface area contributed by atoms with Gasteiger partial charge in [0.05, 0.1) is 59.5 Å². The van der Waals surface area contributed by atoms with Gasteiger partial charge in [-0.1, -0.05) is 48.5 Å². The van der Waals surface area contributed by atoms with E-state index in [4.69, 9.17) is 33.5 Å². The molecular formula is C32H44N2O11. The molecule has 1 aliphatic carbocycles. The predicted molar refractivity (Wildman–Crippen MR) is 163 cm³/mol. The molecule has 0 saturated carbocycles. The highest BCUT2D eigenvalue weighted by Crippen LogP contribution is 2.44. The van der Waals surface area contributed by atoms with Crippen molar-refractivity contribution < 1.29 is 52.6 Å². The fourth-order valence-electron chi connectivity index (χ4n) is 4.54. The van der Waals surface area contributed by atoms with Crippen LogP contribution in [0.5, 0.6) is 0 Å². The summed E-state index contributed by atoms with van der Waals surface area (Å²) in [5.41, 5.74) is 4.77. The Balaban J connectivity index is 1.03. The van der Waals surface area contributed by atoms with Gasteiger partial charge in [-0.3, -0.25) is 4.79 Å². The predicted octanol–water partition coefficient (Wildman–Crippen LogP) is 2.22. The molecule has 0 bridgehead atoms. The Labute approximate surface area is 263 Å². The second-order valence-corrected chi connectivity index (χ2v) is 9.90. The van der Waals surface area contributed by atoms with E-state index in [1.807, 2.05) is 24.3 Å². The smallest absolute Gasteiger partial charge is 0.407 e. The number of hydrogen-bond acceptors (Lipinski definition) is 10. The van der Waals surface area contributed by atoms with Gasteiger partial charge in [0, 0.05) is 25.6 Å². The van der Waals surface area contributed by atoms with Crippen LogP contribution in [-0.4, -0.2) is 122 Å². The number of ether oxygens (including phenoxy) is 7. The molecule has 0 spiro atoms. The summed E-state index contributed by atoms with van der Waals surface area (Å²) in [7, 11) is 0. The van der Waals surface area contributed by atoms with Crippen molar-refractivity contribution in [1.29, 1.82) is 0 Å². The first-order valence-electron chi connectivity index (χ1n) is 15.1. The summed E-state index contributed by atoms with van der Waals surface area (Å²) in [5, 5.41) is 13.8. The zero-order valence-corrected chi connectivity index (χ0v) is 25.5. The van der Waals surface area contributed by atoms with E-state index in [0.29, 0.717) is 92.2 Å². The van der Waals surface area contributed by atoms with Crippen LogP contribution in [0.1, 0.15) is 23.5 Å². The average molecular weight is 633 g/mol. The third-order valence-corrected chi connectivity index (χ3v) is 6.59. The summed E-state index contributed by atoms with van der Waals surface area (Å²) in [6.45, 7) is 4.48. The van der Waals surface area contributed by atoms with Gasteiger partial charge in [0.1, 0.15) is 19.8 Å². The van der Waals surface area contributed by atoms with Crippen LogP contribution in [0.2, 0.25) is 0 Å². The lowest BCUT2D eigenvalue weighted by Crippen LogP contribution is -2.31. The Morgan fingerprint density at radius 3 is 1.67 bits per heavy atom. The number of carboxylic acid groups (broad SMARTS) is 1. The molecule has 45 heavy (non-hydrogen) atoms. The second-order valence-electron chi connectivity index (χ2n) is 9.90. The number of amides is 2. The maximum absolute atomic E-state index is 12.2. The van der Waals surface area contributed by atoms with Crippen molar-refractivity contribution in [3.05, 3.63) is 59.7 Å². The third kappa shape index (κ3) is 14.4. The van der Waals surface area contributed by atoms with Crippen LogP contribution >= 0.6 is 0 Å². The monoisotopic (exact) mass is 632 g/mol. The minimum absolute atomic E-state index is 0.0403. The van der Waals surface area contributed by atoms with E-state index in [9.17, 15) is 14.4 Å². The number of aliphatic carboxylic acids is 1. The van der Waals surface area contributed by atoms with E-state index in [1.165, 1.54) is 22.3 Å². The number of alkyl carbamates (subject to hydrolysis) is 1. The first kappa shape index (κ1) is 35.9. The van der Waals surface area contributed by atoms with E-state index in [0.717, 1.165) is 0 Å². The van der Waals surface area contributed by atoms with E-state index in [1.54, 1.807) is 0 Å². The maximum atomic E-state index is 12.2. The first-order valence-corrected chi connectivity index (χ1v) is 15.1. The second kappa shape index (κ2) is 22.0. The zero-order valence-electron chi connectivity index (χ0n) is 25.5. The summed E-state index contributed by atoms with van der Waals surface area (Å²) in [5.74, 6) is -1.49. The van der Waals surface area contributed by atoms with Crippen LogP contribution in [-0.2, 0) is 42.7 Å². The van der Waals surface area contributed by atoms with Crippen LogP contribution < -0.4 is 10.6 Å². The van der Waals surface area contributed by atoms with Crippen LogP contribution in [0.3, 0.4) is 0 Å². The highest BCUT2D eigenvalue weighted by molar-refractivity contribution is 5.79. The van der Waals surface area contributed by atoms with Gasteiger partial charge in [0.15, 0.2) is 0 Å². The number of carboxylic acids is 1. The summed E-state index contributed by atoms with van der Waals surface area (Å²) >= 11 is 0. The van der Waals surface area contributed by atoms with Gasteiger partial charge < -0.3 is 48.9 Å². The highest BCUT2D eigenvalue weighted by Gasteiger charge is 2.28. The zero-order chi connectivity index (χ0) is 32.0. The number of rotatable bonds is 25. The van der Waals surface area contributed by atoms with Gasteiger partial charge in [-0.05, 0) is 28.7 Å². The lowest BCUT2D eigenvalue weighted by atomic mass is 9.98. The third-order valence-electron chi connectivity index (χ3n) is 6.59. The van der Waals surface area contributed by atoms with Gasteiger partial charge in [-0.2, -0.15) is 0 Å². The Morgan fingerprint density at radius 2 is 1.11 bits per heavy atom. The highest BCUT2D eigenvalue weighted by atomic mass is 16.6.